The third kappa shape index (κ3) is 2.25. The molecule has 0 spiro atoms. The highest BCUT2D eigenvalue weighted by Gasteiger charge is 2.32. The van der Waals surface area contributed by atoms with Gasteiger partial charge in [-0.15, -0.1) is 0 Å². The summed E-state index contributed by atoms with van der Waals surface area (Å²) >= 11 is 3.54. The molecule has 2 nitrogen and oxygen atoms in total. The Bertz CT molecular complexity index is 440. The van der Waals surface area contributed by atoms with Gasteiger partial charge in [0.15, 0.2) is 5.78 Å². The minimum atomic E-state index is 0.174. The number of methoxy groups -OCH3 is 1. The van der Waals surface area contributed by atoms with Crippen LogP contribution in [0.1, 0.15) is 42.1 Å². The highest BCUT2D eigenvalue weighted by molar-refractivity contribution is 9.10. The molecule has 0 bridgehead atoms. The van der Waals surface area contributed by atoms with E-state index in [1.165, 1.54) is 0 Å². The maximum absolute atomic E-state index is 12.2. The SMILES string of the molecule is CCCCC1Cc2c(ccc(OC)c2Br)C1=O. The number of hydrogen-bond acceptors (Lipinski definition) is 2. The van der Waals surface area contributed by atoms with Gasteiger partial charge in [-0.3, -0.25) is 4.79 Å². The zero-order valence-electron chi connectivity index (χ0n) is 10.3. The predicted molar refractivity (Wildman–Crippen MR) is 71.7 cm³/mol. The lowest BCUT2D eigenvalue weighted by atomic mass is 9.98. The van der Waals surface area contributed by atoms with E-state index in [1.807, 2.05) is 12.1 Å². The number of ketones is 1. The summed E-state index contributed by atoms with van der Waals surface area (Å²) in [6.07, 6.45) is 4.12. The summed E-state index contributed by atoms with van der Waals surface area (Å²) in [5, 5.41) is 0. The first-order valence-electron chi connectivity index (χ1n) is 6.08. The number of hydrogen-bond donors (Lipinski definition) is 0. The monoisotopic (exact) mass is 296 g/mol. The molecule has 1 unspecified atom stereocenters. The predicted octanol–water partition coefficient (Wildman–Crippen LogP) is 4.00. The molecule has 92 valence electrons. The van der Waals surface area contributed by atoms with Gasteiger partial charge >= 0.3 is 0 Å². The van der Waals surface area contributed by atoms with E-state index in [0.29, 0.717) is 5.78 Å². The van der Waals surface area contributed by atoms with Gasteiger partial charge in [0.1, 0.15) is 5.75 Å². The average Bonchev–Trinajstić information content (AvgIpc) is 2.66. The molecule has 1 aromatic carbocycles. The molecule has 1 aliphatic carbocycles. The van der Waals surface area contributed by atoms with Crippen LogP contribution < -0.4 is 4.74 Å². The first kappa shape index (κ1) is 12.6. The Labute approximate surface area is 110 Å². The van der Waals surface area contributed by atoms with Gasteiger partial charge < -0.3 is 4.74 Å². The Kier molecular flexibility index (Phi) is 3.87. The van der Waals surface area contributed by atoms with Crippen molar-refractivity contribution in [1.29, 1.82) is 0 Å². The van der Waals surface area contributed by atoms with Gasteiger partial charge in [0.2, 0.25) is 0 Å². The van der Waals surface area contributed by atoms with Crippen LogP contribution in [-0.2, 0) is 6.42 Å². The second-order valence-corrected chi connectivity index (χ2v) is 5.31. The lowest BCUT2D eigenvalue weighted by Crippen LogP contribution is -2.08. The maximum atomic E-state index is 12.2. The number of unbranched alkanes of at least 4 members (excludes halogenated alkanes) is 1. The minimum Gasteiger partial charge on any atom is -0.496 e. The summed E-state index contributed by atoms with van der Waals surface area (Å²) in [7, 11) is 1.65. The van der Waals surface area contributed by atoms with Crippen molar-refractivity contribution < 1.29 is 9.53 Å². The van der Waals surface area contributed by atoms with Crippen molar-refractivity contribution in [3.8, 4) is 5.75 Å². The molecule has 0 N–H and O–H groups in total. The van der Waals surface area contributed by atoms with Crippen LogP contribution >= 0.6 is 15.9 Å². The standard InChI is InChI=1S/C14H17BrO2/c1-3-4-5-9-8-11-10(14(9)16)6-7-12(17-2)13(11)15/h6-7,9H,3-5,8H2,1-2H3. The van der Waals surface area contributed by atoms with E-state index in [4.69, 9.17) is 4.74 Å². The van der Waals surface area contributed by atoms with Gasteiger partial charge in [-0.05, 0) is 46.5 Å². The van der Waals surface area contributed by atoms with Crippen molar-refractivity contribution in [3.05, 3.63) is 27.7 Å². The number of fused-ring (bicyclic) bond motifs is 1. The van der Waals surface area contributed by atoms with Gasteiger partial charge in [0.05, 0.1) is 11.6 Å². The fraction of sp³-hybridized carbons (Fsp3) is 0.500. The summed E-state index contributed by atoms with van der Waals surface area (Å²) in [5.41, 5.74) is 1.99. The smallest absolute Gasteiger partial charge is 0.166 e. The second kappa shape index (κ2) is 5.21. The van der Waals surface area contributed by atoms with Gasteiger partial charge in [-0.1, -0.05) is 19.8 Å². The van der Waals surface area contributed by atoms with E-state index in [9.17, 15) is 4.79 Å². The zero-order chi connectivity index (χ0) is 12.4. The van der Waals surface area contributed by atoms with E-state index in [0.717, 1.165) is 47.0 Å². The van der Waals surface area contributed by atoms with Crippen LogP contribution in [0.15, 0.2) is 16.6 Å². The molecule has 0 aliphatic heterocycles. The summed E-state index contributed by atoms with van der Waals surface area (Å²) < 4.78 is 6.21. The maximum Gasteiger partial charge on any atom is 0.166 e. The first-order chi connectivity index (χ1) is 8.19. The number of rotatable bonds is 4. The summed E-state index contributed by atoms with van der Waals surface area (Å²) in [6, 6.07) is 3.76. The molecular weight excluding hydrogens is 280 g/mol. The zero-order valence-corrected chi connectivity index (χ0v) is 11.8. The summed E-state index contributed by atoms with van der Waals surface area (Å²) in [6.45, 7) is 2.16. The molecule has 1 atom stereocenters. The summed E-state index contributed by atoms with van der Waals surface area (Å²) in [4.78, 5) is 12.2. The molecule has 0 aromatic heterocycles. The van der Waals surface area contributed by atoms with E-state index in [2.05, 4.69) is 22.9 Å². The normalized spacial score (nSPS) is 18.3. The van der Waals surface area contributed by atoms with E-state index >= 15 is 0 Å². The number of halogens is 1. The van der Waals surface area contributed by atoms with Crippen molar-refractivity contribution in [2.75, 3.05) is 7.11 Å². The Morgan fingerprint density at radius 2 is 2.24 bits per heavy atom. The fourth-order valence-electron chi connectivity index (χ4n) is 2.43. The lowest BCUT2D eigenvalue weighted by molar-refractivity contribution is 0.0929. The summed E-state index contributed by atoms with van der Waals surface area (Å²) in [5.74, 6) is 1.29. The van der Waals surface area contributed by atoms with Crippen LogP contribution in [0.2, 0.25) is 0 Å². The average molecular weight is 297 g/mol. The number of carbonyl (C=O) groups is 1. The van der Waals surface area contributed by atoms with Crippen LogP contribution in [0, 0.1) is 5.92 Å². The van der Waals surface area contributed by atoms with E-state index < -0.39 is 0 Å². The van der Waals surface area contributed by atoms with Crippen LogP contribution in [0.25, 0.3) is 0 Å². The van der Waals surface area contributed by atoms with Crippen LogP contribution in [0.4, 0.5) is 0 Å². The van der Waals surface area contributed by atoms with Crippen LogP contribution in [0.5, 0.6) is 5.75 Å². The molecule has 1 aromatic rings. The van der Waals surface area contributed by atoms with Gasteiger partial charge in [-0.25, -0.2) is 0 Å². The molecule has 3 heteroatoms. The highest BCUT2D eigenvalue weighted by Crippen LogP contribution is 2.39. The Balaban J connectivity index is 2.28. The Hall–Kier alpha value is -0.830. The molecular formula is C14H17BrO2. The molecule has 2 rings (SSSR count). The van der Waals surface area contributed by atoms with Crippen LogP contribution in [-0.4, -0.2) is 12.9 Å². The van der Waals surface area contributed by atoms with Crippen molar-refractivity contribution in [2.24, 2.45) is 5.92 Å². The quantitative estimate of drug-likeness (QED) is 0.839. The van der Waals surface area contributed by atoms with Gasteiger partial charge in [-0.2, -0.15) is 0 Å². The molecule has 1 aliphatic rings. The lowest BCUT2D eigenvalue weighted by Gasteiger charge is -2.07. The molecule has 0 fully saturated rings. The molecule has 0 saturated heterocycles. The number of Topliss-reactive ketones (excluding diaryl/α,β-unsaturated/α-hetero) is 1. The third-order valence-electron chi connectivity index (χ3n) is 3.42. The molecule has 17 heavy (non-hydrogen) atoms. The van der Waals surface area contributed by atoms with Crippen molar-refractivity contribution >= 4 is 21.7 Å². The molecule has 0 amide bonds. The second-order valence-electron chi connectivity index (χ2n) is 4.52. The third-order valence-corrected chi connectivity index (χ3v) is 4.29. The van der Waals surface area contributed by atoms with Crippen molar-refractivity contribution in [3.63, 3.8) is 0 Å². The van der Waals surface area contributed by atoms with E-state index in [-0.39, 0.29) is 5.92 Å². The first-order valence-corrected chi connectivity index (χ1v) is 6.87. The van der Waals surface area contributed by atoms with Gasteiger partial charge in [0, 0.05) is 11.5 Å². The molecule has 0 saturated carbocycles. The van der Waals surface area contributed by atoms with Gasteiger partial charge in [0.25, 0.3) is 0 Å². The Morgan fingerprint density at radius 1 is 1.47 bits per heavy atom. The van der Waals surface area contributed by atoms with Crippen LogP contribution in [0.3, 0.4) is 0 Å². The molecule has 0 heterocycles. The number of ether oxygens (including phenoxy) is 1. The topological polar surface area (TPSA) is 26.3 Å². The van der Waals surface area contributed by atoms with Crippen molar-refractivity contribution in [2.45, 2.75) is 32.6 Å². The largest absolute Gasteiger partial charge is 0.496 e. The van der Waals surface area contributed by atoms with Crippen molar-refractivity contribution in [1.82, 2.24) is 0 Å². The number of benzene rings is 1. The highest BCUT2D eigenvalue weighted by atomic mass is 79.9. The van der Waals surface area contributed by atoms with E-state index in [1.54, 1.807) is 7.11 Å². The molecule has 0 radical (unpaired) electrons. The number of carbonyl (C=O) groups excluding carboxylic acids is 1. The Morgan fingerprint density at radius 3 is 2.88 bits per heavy atom. The minimum absolute atomic E-state index is 0.174. The fourth-order valence-corrected chi connectivity index (χ4v) is 3.10.